The lowest BCUT2D eigenvalue weighted by atomic mass is 9.88. The van der Waals surface area contributed by atoms with Gasteiger partial charge in [-0.3, -0.25) is 4.79 Å². The Kier molecular flexibility index (Phi) is 6.06. The van der Waals surface area contributed by atoms with E-state index in [2.05, 4.69) is 34.7 Å². The Hall–Kier alpha value is -4.06. The van der Waals surface area contributed by atoms with Crippen LogP contribution in [0, 0.1) is 0 Å². The number of benzene rings is 3. The summed E-state index contributed by atoms with van der Waals surface area (Å²) in [5.41, 5.74) is 3.73. The van der Waals surface area contributed by atoms with Gasteiger partial charge in [-0.2, -0.15) is 0 Å². The van der Waals surface area contributed by atoms with Crippen LogP contribution in [0.3, 0.4) is 0 Å². The van der Waals surface area contributed by atoms with E-state index in [1.807, 2.05) is 60.7 Å². The van der Waals surface area contributed by atoms with Gasteiger partial charge in [0.25, 0.3) is 0 Å². The summed E-state index contributed by atoms with van der Waals surface area (Å²) in [5, 5.41) is 7.09. The number of fused-ring (bicyclic) bond motifs is 1. The molecule has 1 aromatic heterocycles. The van der Waals surface area contributed by atoms with Gasteiger partial charge in [-0.05, 0) is 29.3 Å². The molecule has 6 heteroatoms. The minimum absolute atomic E-state index is 0.0158. The summed E-state index contributed by atoms with van der Waals surface area (Å²) >= 11 is 0. The number of carbonyl (C=O) groups is 1. The molecule has 0 aliphatic carbocycles. The van der Waals surface area contributed by atoms with Crippen molar-refractivity contribution in [1.29, 1.82) is 0 Å². The van der Waals surface area contributed by atoms with Crippen molar-refractivity contribution in [2.45, 2.75) is 18.9 Å². The largest absolute Gasteiger partial charge is 0.486 e. The van der Waals surface area contributed by atoms with Gasteiger partial charge in [0.05, 0.1) is 6.54 Å². The molecule has 0 radical (unpaired) electrons. The van der Waals surface area contributed by atoms with Crippen molar-refractivity contribution < 1.29 is 18.8 Å². The lowest BCUT2D eigenvalue weighted by molar-refractivity contribution is -0.121. The second-order valence-corrected chi connectivity index (χ2v) is 7.90. The highest BCUT2D eigenvalue weighted by Gasteiger charge is 2.19. The quantitative estimate of drug-likeness (QED) is 0.440. The Morgan fingerprint density at radius 2 is 1.52 bits per heavy atom. The van der Waals surface area contributed by atoms with Gasteiger partial charge in [0.1, 0.15) is 18.9 Å². The number of aromatic nitrogens is 1. The molecule has 1 aliphatic heterocycles. The van der Waals surface area contributed by atoms with Crippen LogP contribution in [0.1, 0.15) is 29.2 Å². The average Bonchev–Trinajstić information content (AvgIpc) is 3.36. The molecule has 1 N–H and O–H groups in total. The van der Waals surface area contributed by atoms with Crippen molar-refractivity contribution in [2.75, 3.05) is 13.2 Å². The summed E-state index contributed by atoms with van der Waals surface area (Å²) in [6.07, 6.45) is 0.348. The first-order valence-electron chi connectivity index (χ1n) is 11.0. The van der Waals surface area contributed by atoms with Gasteiger partial charge in [0.2, 0.25) is 5.91 Å². The first-order chi connectivity index (χ1) is 16.3. The zero-order valence-corrected chi connectivity index (χ0v) is 18.1. The molecule has 2 heterocycles. The molecule has 1 aliphatic rings. The van der Waals surface area contributed by atoms with Crippen molar-refractivity contribution in [3.8, 4) is 22.8 Å². The molecular formula is C27H24N2O4. The third-order valence-electron chi connectivity index (χ3n) is 5.65. The summed E-state index contributed by atoms with van der Waals surface area (Å²) in [6.45, 7) is 1.37. The minimum Gasteiger partial charge on any atom is -0.486 e. The molecule has 33 heavy (non-hydrogen) atoms. The highest BCUT2D eigenvalue weighted by molar-refractivity contribution is 5.77. The van der Waals surface area contributed by atoms with Crippen LogP contribution in [0.5, 0.6) is 11.5 Å². The number of nitrogens with zero attached hydrogens (tertiary/aromatic N) is 1. The van der Waals surface area contributed by atoms with Crippen molar-refractivity contribution in [1.82, 2.24) is 10.5 Å². The van der Waals surface area contributed by atoms with E-state index in [0.29, 0.717) is 43.4 Å². The molecule has 6 nitrogen and oxygen atoms in total. The third-order valence-corrected chi connectivity index (χ3v) is 5.65. The smallest absolute Gasteiger partial charge is 0.221 e. The summed E-state index contributed by atoms with van der Waals surface area (Å²) in [7, 11) is 0. The second-order valence-electron chi connectivity index (χ2n) is 7.90. The van der Waals surface area contributed by atoms with E-state index in [1.54, 1.807) is 0 Å². The fourth-order valence-corrected chi connectivity index (χ4v) is 3.97. The van der Waals surface area contributed by atoms with E-state index in [4.69, 9.17) is 14.0 Å². The molecule has 0 fully saturated rings. The zero-order chi connectivity index (χ0) is 22.5. The molecule has 166 valence electrons. The minimum atomic E-state index is -0.0448. The normalized spacial score (nSPS) is 12.5. The van der Waals surface area contributed by atoms with Crippen LogP contribution >= 0.6 is 0 Å². The summed E-state index contributed by atoms with van der Waals surface area (Å²) < 4.78 is 16.7. The average molecular weight is 440 g/mol. The van der Waals surface area contributed by atoms with E-state index < -0.39 is 0 Å². The molecule has 0 saturated heterocycles. The Balaban J connectivity index is 1.24. The fraction of sp³-hybridized carbons (Fsp3) is 0.185. The van der Waals surface area contributed by atoms with E-state index >= 15 is 0 Å². The van der Waals surface area contributed by atoms with Crippen LogP contribution in [0.25, 0.3) is 11.3 Å². The van der Waals surface area contributed by atoms with Gasteiger partial charge < -0.3 is 19.3 Å². The van der Waals surface area contributed by atoms with Gasteiger partial charge in [-0.1, -0.05) is 65.8 Å². The van der Waals surface area contributed by atoms with Gasteiger partial charge in [-0.25, -0.2) is 0 Å². The van der Waals surface area contributed by atoms with Crippen LogP contribution < -0.4 is 14.8 Å². The van der Waals surface area contributed by atoms with Crippen molar-refractivity contribution in [3.05, 3.63) is 102 Å². The standard InChI is InChI=1S/C27H24N2O4/c30-27(17-23(19-7-3-1-4-8-19)20-9-5-2-6-10-20)28-18-22-16-25(33-29-22)21-11-12-24-26(15-21)32-14-13-31-24/h1-12,15-16,23H,13-14,17-18H2,(H,28,30). The van der Waals surface area contributed by atoms with Crippen molar-refractivity contribution in [2.24, 2.45) is 0 Å². The highest BCUT2D eigenvalue weighted by atomic mass is 16.6. The van der Waals surface area contributed by atoms with Gasteiger partial charge in [0, 0.05) is 24.0 Å². The Labute approximate surface area is 192 Å². The van der Waals surface area contributed by atoms with Crippen molar-refractivity contribution >= 4 is 5.91 Å². The summed E-state index contributed by atoms with van der Waals surface area (Å²) in [5.74, 6) is 1.97. The number of rotatable bonds is 7. The van der Waals surface area contributed by atoms with Crippen LogP contribution in [0.2, 0.25) is 0 Å². The Bertz CT molecular complexity index is 1180. The topological polar surface area (TPSA) is 73.6 Å². The van der Waals surface area contributed by atoms with Gasteiger partial charge in [0.15, 0.2) is 17.3 Å². The number of ether oxygens (including phenoxy) is 2. The van der Waals surface area contributed by atoms with E-state index in [9.17, 15) is 4.79 Å². The molecule has 0 bridgehead atoms. The number of amides is 1. The zero-order valence-electron chi connectivity index (χ0n) is 18.1. The molecule has 0 saturated carbocycles. The van der Waals surface area contributed by atoms with Crippen LogP contribution in [0.4, 0.5) is 0 Å². The molecule has 0 atom stereocenters. The number of hydrogen-bond donors (Lipinski definition) is 1. The van der Waals surface area contributed by atoms with E-state index in [0.717, 1.165) is 22.4 Å². The summed E-state index contributed by atoms with van der Waals surface area (Å²) in [6, 6.07) is 27.7. The molecule has 5 rings (SSSR count). The number of carbonyl (C=O) groups excluding carboxylic acids is 1. The third kappa shape index (κ3) is 4.90. The SMILES string of the molecule is O=C(CC(c1ccccc1)c1ccccc1)NCc1cc(-c2ccc3c(c2)OCCO3)on1. The maximum absolute atomic E-state index is 12.8. The molecule has 0 spiro atoms. The van der Waals surface area contributed by atoms with Gasteiger partial charge >= 0.3 is 0 Å². The molecular weight excluding hydrogens is 416 g/mol. The number of hydrogen-bond acceptors (Lipinski definition) is 5. The predicted octanol–water partition coefficient (Wildman–Crippen LogP) is 4.95. The fourth-order valence-electron chi connectivity index (χ4n) is 3.97. The molecule has 4 aromatic rings. The second kappa shape index (κ2) is 9.61. The van der Waals surface area contributed by atoms with E-state index in [1.165, 1.54) is 0 Å². The first kappa shape index (κ1) is 20.8. The number of nitrogens with one attached hydrogen (secondary N) is 1. The maximum atomic E-state index is 12.8. The highest BCUT2D eigenvalue weighted by Crippen LogP contribution is 2.34. The predicted molar refractivity (Wildman–Crippen MR) is 124 cm³/mol. The monoisotopic (exact) mass is 440 g/mol. The van der Waals surface area contributed by atoms with Crippen LogP contribution in [0.15, 0.2) is 89.5 Å². The summed E-state index contributed by atoms with van der Waals surface area (Å²) in [4.78, 5) is 12.8. The van der Waals surface area contributed by atoms with Crippen molar-refractivity contribution in [3.63, 3.8) is 0 Å². The van der Waals surface area contributed by atoms with Crippen LogP contribution in [-0.2, 0) is 11.3 Å². The molecule has 3 aromatic carbocycles. The lowest BCUT2D eigenvalue weighted by Crippen LogP contribution is -2.25. The Morgan fingerprint density at radius 1 is 0.848 bits per heavy atom. The van der Waals surface area contributed by atoms with Crippen LogP contribution in [-0.4, -0.2) is 24.3 Å². The molecule has 0 unspecified atom stereocenters. The lowest BCUT2D eigenvalue weighted by Gasteiger charge is -2.18. The van der Waals surface area contributed by atoms with E-state index in [-0.39, 0.29) is 11.8 Å². The molecule has 1 amide bonds. The first-order valence-corrected chi connectivity index (χ1v) is 11.0. The Morgan fingerprint density at radius 3 is 2.21 bits per heavy atom. The van der Waals surface area contributed by atoms with Gasteiger partial charge in [-0.15, -0.1) is 0 Å². The maximum Gasteiger partial charge on any atom is 0.221 e.